The van der Waals surface area contributed by atoms with Gasteiger partial charge in [0.15, 0.2) is 0 Å². The lowest BCUT2D eigenvalue weighted by molar-refractivity contribution is 0.102. The van der Waals surface area contributed by atoms with E-state index >= 15 is 0 Å². The summed E-state index contributed by atoms with van der Waals surface area (Å²) in [5.41, 5.74) is 3.43. The molecule has 0 spiro atoms. The molecule has 1 aliphatic rings. The number of carbonyl (C=O) groups excluding carboxylic acids is 1. The Kier molecular flexibility index (Phi) is 5.61. The van der Waals surface area contributed by atoms with Crippen LogP contribution in [0.25, 0.3) is 0 Å². The van der Waals surface area contributed by atoms with Crippen LogP contribution >= 0.6 is 0 Å². The Morgan fingerprint density at radius 2 is 1.62 bits per heavy atom. The highest BCUT2D eigenvalue weighted by atomic mass is 16.5. The molecule has 1 aromatic heterocycles. The molecule has 1 aliphatic heterocycles. The van der Waals surface area contributed by atoms with Crippen molar-refractivity contribution in [3.8, 4) is 5.75 Å². The number of ether oxygens (including phenoxy) is 1. The maximum atomic E-state index is 12.4. The van der Waals surface area contributed by atoms with E-state index in [0.29, 0.717) is 17.1 Å². The molecule has 2 N–H and O–H groups in total. The van der Waals surface area contributed by atoms with Crippen molar-refractivity contribution in [1.29, 1.82) is 0 Å². The molecule has 1 saturated heterocycles. The number of pyridine rings is 1. The number of nitrogens with one attached hydrogen (secondary N) is 2. The van der Waals surface area contributed by atoms with Crippen LogP contribution in [0, 0.1) is 0 Å². The van der Waals surface area contributed by atoms with Gasteiger partial charge in [0.2, 0.25) is 0 Å². The SMILES string of the molecule is COc1ccc(NC(=O)c2ccc(Nc3ccc(N4CCCC4)cc3)nc2)cc1. The van der Waals surface area contributed by atoms with Gasteiger partial charge in [-0.05, 0) is 73.5 Å². The third-order valence-electron chi connectivity index (χ3n) is 4.98. The number of hydrogen-bond donors (Lipinski definition) is 2. The molecule has 0 atom stereocenters. The predicted octanol–water partition coefficient (Wildman–Crippen LogP) is 4.69. The number of rotatable bonds is 6. The fourth-order valence-electron chi connectivity index (χ4n) is 3.36. The summed E-state index contributed by atoms with van der Waals surface area (Å²) < 4.78 is 5.12. The fraction of sp³-hybridized carbons (Fsp3) is 0.217. The summed E-state index contributed by atoms with van der Waals surface area (Å²) in [5.74, 6) is 1.23. The largest absolute Gasteiger partial charge is 0.497 e. The first-order valence-corrected chi connectivity index (χ1v) is 9.75. The summed E-state index contributed by atoms with van der Waals surface area (Å²) in [6.45, 7) is 2.27. The van der Waals surface area contributed by atoms with Crippen LogP contribution in [0.5, 0.6) is 5.75 Å². The average molecular weight is 388 g/mol. The van der Waals surface area contributed by atoms with Gasteiger partial charge in [0.1, 0.15) is 11.6 Å². The Labute approximate surface area is 170 Å². The van der Waals surface area contributed by atoms with Crippen molar-refractivity contribution in [1.82, 2.24) is 4.98 Å². The molecule has 1 fully saturated rings. The van der Waals surface area contributed by atoms with E-state index in [4.69, 9.17) is 4.74 Å². The molecule has 6 nitrogen and oxygen atoms in total. The maximum absolute atomic E-state index is 12.4. The van der Waals surface area contributed by atoms with Crippen molar-refractivity contribution in [3.63, 3.8) is 0 Å². The predicted molar refractivity (Wildman–Crippen MR) is 116 cm³/mol. The van der Waals surface area contributed by atoms with Crippen molar-refractivity contribution in [2.24, 2.45) is 0 Å². The first kappa shape index (κ1) is 18.8. The Balaban J connectivity index is 1.36. The van der Waals surface area contributed by atoms with Gasteiger partial charge in [-0.2, -0.15) is 0 Å². The van der Waals surface area contributed by atoms with Crippen LogP contribution in [-0.4, -0.2) is 31.1 Å². The minimum Gasteiger partial charge on any atom is -0.497 e. The molecule has 0 aliphatic carbocycles. The number of carbonyl (C=O) groups is 1. The molecule has 0 unspecified atom stereocenters. The van der Waals surface area contributed by atoms with E-state index in [1.165, 1.54) is 18.5 Å². The van der Waals surface area contributed by atoms with Gasteiger partial charge in [-0.3, -0.25) is 4.79 Å². The molecule has 2 aromatic carbocycles. The molecule has 2 heterocycles. The highest BCUT2D eigenvalue weighted by Gasteiger charge is 2.12. The molecule has 4 rings (SSSR count). The zero-order chi connectivity index (χ0) is 20.1. The summed E-state index contributed by atoms with van der Waals surface area (Å²) in [7, 11) is 1.61. The van der Waals surface area contributed by atoms with Gasteiger partial charge in [-0.25, -0.2) is 4.98 Å². The van der Waals surface area contributed by atoms with E-state index in [2.05, 4.69) is 44.8 Å². The zero-order valence-corrected chi connectivity index (χ0v) is 16.4. The quantitative estimate of drug-likeness (QED) is 0.641. The Morgan fingerprint density at radius 1 is 0.931 bits per heavy atom. The van der Waals surface area contributed by atoms with Crippen LogP contribution in [-0.2, 0) is 0 Å². The van der Waals surface area contributed by atoms with Crippen LogP contribution in [0.15, 0.2) is 66.9 Å². The van der Waals surface area contributed by atoms with Gasteiger partial charge in [-0.15, -0.1) is 0 Å². The normalized spacial score (nSPS) is 13.2. The number of nitrogens with zero attached hydrogens (tertiary/aromatic N) is 2. The van der Waals surface area contributed by atoms with Crippen LogP contribution < -0.4 is 20.3 Å². The summed E-state index contributed by atoms with van der Waals surface area (Å²) in [6, 6.07) is 19.1. The van der Waals surface area contributed by atoms with Gasteiger partial charge in [0.25, 0.3) is 5.91 Å². The Morgan fingerprint density at radius 3 is 2.24 bits per heavy atom. The second-order valence-electron chi connectivity index (χ2n) is 6.98. The minimum absolute atomic E-state index is 0.204. The van der Waals surface area contributed by atoms with E-state index < -0.39 is 0 Å². The monoisotopic (exact) mass is 388 g/mol. The van der Waals surface area contributed by atoms with Gasteiger partial charge < -0.3 is 20.3 Å². The van der Waals surface area contributed by atoms with Gasteiger partial charge >= 0.3 is 0 Å². The second-order valence-corrected chi connectivity index (χ2v) is 6.98. The third-order valence-corrected chi connectivity index (χ3v) is 4.98. The van der Waals surface area contributed by atoms with Gasteiger partial charge in [0, 0.05) is 36.3 Å². The van der Waals surface area contributed by atoms with E-state index in [-0.39, 0.29) is 5.91 Å². The topological polar surface area (TPSA) is 66.5 Å². The number of benzene rings is 2. The maximum Gasteiger partial charge on any atom is 0.257 e. The van der Waals surface area contributed by atoms with Gasteiger partial charge in [0.05, 0.1) is 12.7 Å². The number of aromatic nitrogens is 1. The summed E-state index contributed by atoms with van der Waals surface area (Å²) in [5, 5.41) is 6.13. The van der Waals surface area contributed by atoms with Crippen LogP contribution in [0.4, 0.5) is 22.9 Å². The van der Waals surface area contributed by atoms with E-state index in [1.54, 1.807) is 49.7 Å². The number of methoxy groups -OCH3 is 1. The zero-order valence-electron chi connectivity index (χ0n) is 16.4. The lowest BCUT2D eigenvalue weighted by Gasteiger charge is -2.17. The second kappa shape index (κ2) is 8.65. The molecule has 0 radical (unpaired) electrons. The Hall–Kier alpha value is -3.54. The van der Waals surface area contributed by atoms with Crippen molar-refractivity contribution in [2.45, 2.75) is 12.8 Å². The molecule has 1 amide bonds. The highest BCUT2D eigenvalue weighted by Crippen LogP contribution is 2.23. The molecule has 148 valence electrons. The van der Waals surface area contributed by atoms with E-state index in [9.17, 15) is 4.79 Å². The van der Waals surface area contributed by atoms with Crippen LogP contribution in [0.1, 0.15) is 23.2 Å². The van der Waals surface area contributed by atoms with Crippen molar-refractivity contribution in [2.75, 3.05) is 35.7 Å². The molecule has 3 aromatic rings. The van der Waals surface area contributed by atoms with Crippen molar-refractivity contribution in [3.05, 3.63) is 72.4 Å². The minimum atomic E-state index is -0.204. The lowest BCUT2D eigenvalue weighted by Crippen LogP contribution is -2.17. The smallest absolute Gasteiger partial charge is 0.257 e. The fourth-order valence-corrected chi connectivity index (χ4v) is 3.36. The summed E-state index contributed by atoms with van der Waals surface area (Å²) in [6.07, 6.45) is 4.10. The molecular formula is C23H24N4O2. The van der Waals surface area contributed by atoms with E-state index in [0.717, 1.165) is 24.5 Å². The van der Waals surface area contributed by atoms with E-state index in [1.807, 2.05) is 0 Å². The molecule has 0 saturated carbocycles. The third kappa shape index (κ3) is 4.66. The number of hydrogen-bond acceptors (Lipinski definition) is 5. The average Bonchev–Trinajstić information content (AvgIpc) is 3.30. The lowest BCUT2D eigenvalue weighted by atomic mass is 10.2. The highest BCUT2D eigenvalue weighted by molar-refractivity contribution is 6.04. The molecule has 29 heavy (non-hydrogen) atoms. The molecule has 6 heteroatoms. The molecule has 0 bridgehead atoms. The number of anilines is 4. The van der Waals surface area contributed by atoms with Crippen LogP contribution in [0.2, 0.25) is 0 Å². The first-order valence-electron chi connectivity index (χ1n) is 9.75. The standard InChI is InChI=1S/C23H24N4O2/c1-29-21-11-7-19(8-12-21)26-23(28)17-4-13-22(24-16-17)25-18-5-9-20(10-6-18)27-14-2-3-15-27/h4-13,16H,2-3,14-15H2,1H3,(H,24,25)(H,26,28). The van der Waals surface area contributed by atoms with Crippen LogP contribution in [0.3, 0.4) is 0 Å². The molecular weight excluding hydrogens is 364 g/mol. The summed E-state index contributed by atoms with van der Waals surface area (Å²) >= 11 is 0. The van der Waals surface area contributed by atoms with Gasteiger partial charge in [-0.1, -0.05) is 0 Å². The van der Waals surface area contributed by atoms with Crippen molar-refractivity contribution >= 4 is 28.8 Å². The summed E-state index contributed by atoms with van der Waals surface area (Å²) in [4.78, 5) is 19.2. The Bertz CT molecular complexity index is 948. The first-order chi connectivity index (χ1) is 14.2. The number of amides is 1. The van der Waals surface area contributed by atoms with Crippen molar-refractivity contribution < 1.29 is 9.53 Å².